The molecule has 0 spiro atoms. The van der Waals surface area contributed by atoms with Gasteiger partial charge in [-0.2, -0.15) is 4.73 Å². The van der Waals surface area contributed by atoms with Crippen molar-refractivity contribution in [2.24, 2.45) is 0 Å². The molecule has 5 nitrogen and oxygen atoms in total. The van der Waals surface area contributed by atoms with Crippen LogP contribution in [0.15, 0.2) is 35.3 Å². The number of rotatable bonds is 4. The zero-order valence-electron chi connectivity index (χ0n) is 9.92. The second kappa shape index (κ2) is 4.91. The summed E-state index contributed by atoms with van der Waals surface area (Å²) in [6, 6.07) is 6.60. The van der Waals surface area contributed by atoms with Gasteiger partial charge in [0.15, 0.2) is 0 Å². The molecule has 0 atom stereocenters. The molecule has 1 N–H and O–H groups in total. The molecule has 0 saturated heterocycles. The lowest BCUT2D eigenvalue weighted by atomic mass is 10.1. The molecule has 0 aliphatic carbocycles. The van der Waals surface area contributed by atoms with Crippen molar-refractivity contribution in [2.45, 2.75) is 13.3 Å². The summed E-state index contributed by atoms with van der Waals surface area (Å²) < 4.78 is 0.995. The van der Waals surface area contributed by atoms with Crippen LogP contribution < -0.4 is 10.4 Å². The Balaban J connectivity index is 2.71. The van der Waals surface area contributed by atoms with E-state index in [1.54, 1.807) is 24.3 Å². The first kappa shape index (κ1) is 12.2. The highest BCUT2D eigenvalue weighted by atomic mass is 16.7. The minimum absolute atomic E-state index is 0.0568. The molecule has 94 valence electrons. The third-order valence-corrected chi connectivity index (χ3v) is 2.56. The zero-order chi connectivity index (χ0) is 13.1. The summed E-state index contributed by atoms with van der Waals surface area (Å²) in [5, 5.41) is 9.92. The number of hydrogen-bond donors (Lipinski definition) is 1. The molecule has 0 fully saturated rings. The summed E-state index contributed by atoms with van der Waals surface area (Å²) in [5.41, 5.74) is -0.287. The first-order chi connectivity index (χ1) is 8.65. The van der Waals surface area contributed by atoms with Crippen molar-refractivity contribution in [1.82, 2.24) is 4.73 Å². The fourth-order valence-electron chi connectivity index (χ4n) is 1.72. The Bertz CT molecular complexity index is 645. The number of fused-ring (bicyclic) bond motifs is 1. The summed E-state index contributed by atoms with van der Waals surface area (Å²) in [4.78, 5) is 28.5. The Hall–Kier alpha value is -2.30. The molecule has 5 heteroatoms. The lowest BCUT2D eigenvalue weighted by Crippen LogP contribution is -2.28. The van der Waals surface area contributed by atoms with Gasteiger partial charge in [0.1, 0.15) is 6.61 Å². The Morgan fingerprint density at radius 3 is 2.61 bits per heavy atom. The Labute approximate surface area is 103 Å². The van der Waals surface area contributed by atoms with Gasteiger partial charge in [0.2, 0.25) is 0 Å². The monoisotopic (exact) mass is 247 g/mol. The fraction of sp³-hybridized carbons (Fsp3) is 0.231. The van der Waals surface area contributed by atoms with E-state index in [2.05, 4.69) is 0 Å². The summed E-state index contributed by atoms with van der Waals surface area (Å²) in [5.74, 6) is -1.08. The van der Waals surface area contributed by atoms with Crippen LogP contribution in [0.25, 0.3) is 10.8 Å². The average molecular weight is 247 g/mol. The van der Waals surface area contributed by atoms with Gasteiger partial charge in [0.05, 0.1) is 17.1 Å². The molecule has 1 aromatic heterocycles. The Morgan fingerprint density at radius 1 is 1.33 bits per heavy atom. The van der Waals surface area contributed by atoms with Crippen LogP contribution >= 0.6 is 0 Å². The predicted molar refractivity (Wildman–Crippen MR) is 66.9 cm³/mol. The van der Waals surface area contributed by atoms with E-state index in [0.29, 0.717) is 17.4 Å². The van der Waals surface area contributed by atoms with Gasteiger partial charge in [0.25, 0.3) is 5.56 Å². The fourth-order valence-corrected chi connectivity index (χ4v) is 1.72. The van der Waals surface area contributed by atoms with Crippen molar-refractivity contribution in [1.29, 1.82) is 0 Å². The molecule has 1 heterocycles. The third-order valence-electron chi connectivity index (χ3n) is 2.56. The topological polar surface area (TPSA) is 68.5 Å². The summed E-state index contributed by atoms with van der Waals surface area (Å²) in [7, 11) is 0. The van der Waals surface area contributed by atoms with Crippen LogP contribution in [0.4, 0.5) is 0 Å². The molecular formula is C13H13NO4. The molecule has 0 unspecified atom stereocenters. The first-order valence-electron chi connectivity index (χ1n) is 5.66. The van der Waals surface area contributed by atoms with Crippen molar-refractivity contribution in [3.8, 4) is 0 Å². The van der Waals surface area contributed by atoms with Crippen molar-refractivity contribution in [3.05, 3.63) is 46.4 Å². The maximum Gasteiger partial charge on any atom is 0.337 e. The van der Waals surface area contributed by atoms with Crippen LogP contribution in [0.1, 0.15) is 23.7 Å². The van der Waals surface area contributed by atoms with Crippen LogP contribution in [0.3, 0.4) is 0 Å². The lowest BCUT2D eigenvalue weighted by molar-refractivity contribution is 0.0686. The minimum Gasteiger partial charge on any atom is -0.478 e. The van der Waals surface area contributed by atoms with Crippen molar-refractivity contribution in [3.63, 3.8) is 0 Å². The maximum absolute atomic E-state index is 12.1. The number of pyridine rings is 1. The second-order valence-corrected chi connectivity index (χ2v) is 3.86. The highest BCUT2D eigenvalue weighted by Gasteiger charge is 2.13. The van der Waals surface area contributed by atoms with E-state index in [1.807, 2.05) is 6.92 Å². The smallest absolute Gasteiger partial charge is 0.337 e. The Kier molecular flexibility index (Phi) is 3.32. The van der Waals surface area contributed by atoms with Crippen molar-refractivity contribution >= 4 is 16.7 Å². The number of carboxylic acid groups (broad SMARTS) is 1. The largest absolute Gasteiger partial charge is 0.478 e. The number of benzene rings is 1. The van der Waals surface area contributed by atoms with E-state index < -0.39 is 5.97 Å². The number of carbonyl (C=O) groups is 1. The molecule has 18 heavy (non-hydrogen) atoms. The van der Waals surface area contributed by atoms with E-state index in [-0.39, 0.29) is 11.1 Å². The van der Waals surface area contributed by atoms with Crippen LogP contribution in [-0.4, -0.2) is 22.4 Å². The van der Waals surface area contributed by atoms with Crippen LogP contribution in [0, 0.1) is 0 Å². The van der Waals surface area contributed by atoms with Gasteiger partial charge < -0.3 is 9.94 Å². The van der Waals surface area contributed by atoms with E-state index in [9.17, 15) is 9.59 Å². The second-order valence-electron chi connectivity index (χ2n) is 3.86. The summed E-state index contributed by atoms with van der Waals surface area (Å²) in [6.07, 6.45) is 1.96. The number of hydrogen-bond acceptors (Lipinski definition) is 3. The van der Waals surface area contributed by atoms with Gasteiger partial charge in [-0.25, -0.2) is 4.79 Å². The SMILES string of the molecule is CCCOn1cc(C(=O)O)c2ccccc2c1=O. The van der Waals surface area contributed by atoms with Crippen LogP contribution in [0.2, 0.25) is 0 Å². The molecule has 0 radical (unpaired) electrons. The highest BCUT2D eigenvalue weighted by Crippen LogP contribution is 2.14. The molecule has 0 aliphatic heterocycles. The van der Waals surface area contributed by atoms with Crippen molar-refractivity contribution in [2.75, 3.05) is 6.61 Å². The number of carboxylic acids is 1. The Morgan fingerprint density at radius 2 is 2.00 bits per heavy atom. The average Bonchev–Trinajstić information content (AvgIpc) is 2.38. The predicted octanol–water partition coefficient (Wildman–Crippen LogP) is 1.54. The number of aromatic carboxylic acids is 1. The summed E-state index contributed by atoms with van der Waals surface area (Å²) >= 11 is 0. The molecule has 1 aromatic carbocycles. The van der Waals surface area contributed by atoms with E-state index in [0.717, 1.165) is 11.2 Å². The van der Waals surface area contributed by atoms with Gasteiger partial charge in [-0.05, 0) is 12.5 Å². The molecule has 0 bridgehead atoms. The number of nitrogens with zero attached hydrogens (tertiary/aromatic N) is 1. The molecule has 2 aromatic rings. The van der Waals surface area contributed by atoms with Gasteiger partial charge >= 0.3 is 5.97 Å². The van der Waals surface area contributed by atoms with Gasteiger partial charge in [0, 0.05) is 5.39 Å². The standard InChI is InChI=1S/C13H13NO4/c1-2-7-18-14-8-11(13(16)17)9-5-3-4-6-10(9)12(14)15/h3-6,8H,2,7H2,1H3,(H,16,17). The number of aromatic nitrogens is 1. The maximum atomic E-state index is 12.1. The van der Waals surface area contributed by atoms with Gasteiger partial charge in [-0.1, -0.05) is 25.1 Å². The first-order valence-corrected chi connectivity index (χ1v) is 5.66. The minimum atomic E-state index is -1.08. The molecular weight excluding hydrogens is 234 g/mol. The molecule has 0 saturated carbocycles. The van der Waals surface area contributed by atoms with Crippen LogP contribution in [-0.2, 0) is 0 Å². The normalized spacial score (nSPS) is 10.5. The molecule has 0 amide bonds. The van der Waals surface area contributed by atoms with E-state index >= 15 is 0 Å². The molecule has 2 rings (SSSR count). The zero-order valence-corrected chi connectivity index (χ0v) is 9.92. The quantitative estimate of drug-likeness (QED) is 0.889. The van der Waals surface area contributed by atoms with Crippen LogP contribution in [0.5, 0.6) is 0 Å². The lowest BCUT2D eigenvalue weighted by Gasteiger charge is -2.10. The van der Waals surface area contributed by atoms with Gasteiger partial charge in [-0.15, -0.1) is 0 Å². The third kappa shape index (κ3) is 2.07. The van der Waals surface area contributed by atoms with Gasteiger partial charge in [-0.3, -0.25) is 4.79 Å². The van der Waals surface area contributed by atoms with Crippen molar-refractivity contribution < 1.29 is 14.7 Å². The van der Waals surface area contributed by atoms with E-state index in [1.165, 1.54) is 6.20 Å². The molecule has 0 aliphatic rings. The highest BCUT2D eigenvalue weighted by molar-refractivity contribution is 6.02. The summed E-state index contributed by atoms with van der Waals surface area (Å²) in [6.45, 7) is 2.27. The van der Waals surface area contributed by atoms with E-state index in [4.69, 9.17) is 9.94 Å².